The lowest BCUT2D eigenvalue weighted by molar-refractivity contribution is 0.107. The molecule has 0 unspecified atom stereocenters. The van der Waals surface area contributed by atoms with Gasteiger partial charge in [0.2, 0.25) is 0 Å². The Hall–Kier alpha value is -2.40. The highest BCUT2D eigenvalue weighted by Crippen LogP contribution is 2.14. The van der Waals surface area contributed by atoms with Crippen LogP contribution in [0, 0.1) is 11.2 Å². The minimum atomic E-state index is -0.425. The van der Waals surface area contributed by atoms with Gasteiger partial charge >= 0.3 is 0 Å². The molecule has 0 fully saturated rings. The summed E-state index contributed by atoms with van der Waals surface area (Å²) in [6, 6.07) is 11.8. The third kappa shape index (κ3) is 4.29. The predicted octanol–water partition coefficient (Wildman–Crippen LogP) is 2.84. The van der Waals surface area contributed by atoms with E-state index in [4.69, 9.17) is 20.6 Å². The number of hydrogen-bond donors (Lipinski definition) is 2. The Kier molecular flexibility index (Phi) is 4.90. The molecule has 2 rings (SSSR count). The Morgan fingerprint density at radius 1 is 1.10 bits per heavy atom. The minimum absolute atomic E-state index is 0.161. The van der Waals surface area contributed by atoms with Crippen molar-refractivity contribution in [3.8, 4) is 5.75 Å². The first kappa shape index (κ1) is 15.0. The molecule has 0 aliphatic heterocycles. The summed E-state index contributed by atoms with van der Waals surface area (Å²) in [5.41, 5.74) is 7.37. The van der Waals surface area contributed by atoms with Gasteiger partial charge in [-0.25, -0.2) is 4.39 Å². The standard InChI is InChI=1S/C16H17FN2O2/c1-20-15-4-2-11(3-5-15)9-21-10-12-6-13(16(18)19)8-14(17)7-12/h2-8H,9-10H2,1H3,(H3,18,19). The fraction of sp³-hybridized carbons (Fsp3) is 0.188. The van der Waals surface area contributed by atoms with E-state index >= 15 is 0 Å². The molecule has 0 spiro atoms. The molecule has 0 saturated heterocycles. The molecule has 2 aromatic rings. The maximum atomic E-state index is 13.4. The van der Waals surface area contributed by atoms with E-state index in [9.17, 15) is 4.39 Å². The molecule has 0 saturated carbocycles. The van der Waals surface area contributed by atoms with E-state index in [2.05, 4.69) is 0 Å². The van der Waals surface area contributed by atoms with Gasteiger partial charge in [-0.2, -0.15) is 0 Å². The number of hydrogen-bond acceptors (Lipinski definition) is 3. The molecule has 21 heavy (non-hydrogen) atoms. The van der Waals surface area contributed by atoms with Crippen molar-refractivity contribution in [2.75, 3.05) is 7.11 Å². The summed E-state index contributed by atoms with van der Waals surface area (Å²) in [7, 11) is 1.61. The van der Waals surface area contributed by atoms with E-state index < -0.39 is 5.82 Å². The molecule has 4 nitrogen and oxygen atoms in total. The molecule has 0 aliphatic rings. The zero-order chi connectivity index (χ0) is 15.2. The maximum absolute atomic E-state index is 13.4. The summed E-state index contributed by atoms with van der Waals surface area (Å²) in [5, 5.41) is 7.34. The summed E-state index contributed by atoms with van der Waals surface area (Å²) in [6.45, 7) is 0.667. The number of benzene rings is 2. The molecule has 0 amide bonds. The fourth-order valence-electron chi connectivity index (χ4n) is 1.90. The molecule has 5 heteroatoms. The molecule has 2 aromatic carbocycles. The zero-order valence-electron chi connectivity index (χ0n) is 11.7. The van der Waals surface area contributed by atoms with Crippen molar-refractivity contribution in [2.24, 2.45) is 5.73 Å². The van der Waals surface area contributed by atoms with Gasteiger partial charge in [-0.3, -0.25) is 5.41 Å². The lowest BCUT2D eigenvalue weighted by atomic mass is 10.1. The SMILES string of the molecule is COc1ccc(COCc2cc(F)cc(C(=N)N)c2)cc1. The highest BCUT2D eigenvalue weighted by Gasteiger charge is 2.04. The van der Waals surface area contributed by atoms with Gasteiger partial charge in [-0.05, 0) is 41.5 Å². The Morgan fingerprint density at radius 3 is 2.38 bits per heavy atom. The number of halogens is 1. The van der Waals surface area contributed by atoms with Crippen LogP contribution in [0.3, 0.4) is 0 Å². The number of rotatable bonds is 6. The number of ether oxygens (including phenoxy) is 2. The van der Waals surface area contributed by atoms with Crippen molar-refractivity contribution in [3.05, 3.63) is 65.0 Å². The second-order valence-electron chi connectivity index (χ2n) is 4.60. The molecule has 0 heterocycles. The van der Waals surface area contributed by atoms with E-state index in [1.54, 1.807) is 13.2 Å². The summed E-state index contributed by atoms with van der Waals surface area (Å²) in [5.74, 6) is 0.201. The fourth-order valence-corrected chi connectivity index (χ4v) is 1.90. The van der Waals surface area contributed by atoms with Gasteiger partial charge in [0.25, 0.3) is 0 Å². The second-order valence-corrected chi connectivity index (χ2v) is 4.60. The first-order chi connectivity index (χ1) is 10.1. The van der Waals surface area contributed by atoms with Crippen LogP contribution in [0.1, 0.15) is 16.7 Å². The molecular weight excluding hydrogens is 271 g/mol. The van der Waals surface area contributed by atoms with Gasteiger partial charge in [0.1, 0.15) is 17.4 Å². The molecule has 0 atom stereocenters. The third-order valence-corrected chi connectivity index (χ3v) is 2.97. The zero-order valence-corrected chi connectivity index (χ0v) is 11.7. The van der Waals surface area contributed by atoms with Crippen molar-refractivity contribution in [2.45, 2.75) is 13.2 Å². The summed E-state index contributed by atoms with van der Waals surface area (Å²) in [6.07, 6.45) is 0. The van der Waals surface area contributed by atoms with Crippen LogP contribution >= 0.6 is 0 Å². The van der Waals surface area contributed by atoms with Crippen LogP contribution in [-0.4, -0.2) is 12.9 Å². The van der Waals surface area contributed by atoms with Crippen LogP contribution in [0.4, 0.5) is 4.39 Å². The van der Waals surface area contributed by atoms with Crippen LogP contribution in [0.25, 0.3) is 0 Å². The lowest BCUT2D eigenvalue weighted by Gasteiger charge is -2.07. The third-order valence-electron chi connectivity index (χ3n) is 2.97. The Bertz CT molecular complexity index is 627. The summed E-state index contributed by atoms with van der Waals surface area (Å²) in [4.78, 5) is 0. The van der Waals surface area contributed by atoms with Gasteiger partial charge in [0, 0.05) is 5.56 Å². The Labute approximate surface area is 122 Å². The molecule has 0 aromatic heterocycles. The van der Waals surface area contributed by atoms with Gasteiger partial charge in [0.15, 0.2) is 0 Å². The minimum Gasteiger partial charge on any atom is -0.497 e. The molecule has 3 N–H and O–H groups in total. The maximum Gasteiger partial charge on any atom is 0.124 e. The van der Waals surface area contributed by atoms with E-state index in [1.165, 1.54) is 12.1 Å². The molecule has 0 radical (unpaired) electrons. The van der Waals surface area contributed by atoms with E-state index in [0.29, 0.717) is 17.7 Å². The normalized spacial score (nSPS) is 10.4. The summed E-state index contributed by atoms with van der Waals surface area (Å²) < 4.78 is 24.0. The van der Waals surface area contributed by atoms with Gasteiger partial charge in [-0.1, -0.05) is 12.1 Å². The van der Waals surface area contributed by atoms with Gasteiger partial charge < -0.3 is 15.2 Å². The van der Waals surface area contributed by atoms with E-state index in [0.717, 1.165) is 11.3 Å². The number of methoxy groups -OCH3 is 1. The second kappa shape index (κ2) is 6.85. The van der Waals surface area contributed by atoms with Gasteiger partial charge in [0.05, 0.1) is 20.3 Å². The van der Waals surface area contributed by atoms with Crippen molar-refractivity contribution in [1.82, 2.24) is 0 Å². The molecule has 0 aliphatic carbocycles. The van der Waals surface area contributed by atoms with Crippen LogP contribution in [0.2, 0.25) is 0 Å². The van der Waals surface area contributed by atoms with Crippen LogP contribution < -0.4 is 10.5 Å². The monoisotopic (exact) mass is 288 g/mol. The number of amidine groups is 1. The topological polar surface area (TPSA) is 68.3 Å². The number of nitrogen functional groups attached to an aromatic ring is 1. The average Bonchev–Trinajstić information content (AvgIpc) is 2.47. The van der Waals surface area contributed by atoms with Crippen molar-refractivity contribution < 1.29 is 13.9 Å². The summed E-state index contributed by atoms with van der Waals surface area (Å²) >= 11 is 0. The van der Waals surface area contributed by atoms with E-state index in [-0.39, 0.29) is 12.4 Å². The number of nitrogens with one attached hydrogen (secondary N) is 1. The highest BCUT2D eigenvalue weighted by atomic mass is 19.1. The van der Waals surface area contributed by atoms with Crippen LogP contribution in [-0.2, 0) is 18.0 Å². The predicted molar refractivity (Wildman–Crippen MR) is 78.9 cm³/mol. The number of nitrogens with two attached hydrogens (primary N) is 1. The largest absolute Gasteiger partial charge is 0.497 e. The Balaban J connectivity index is 1.95. The smallest absolute Gasteiger partial charge is 0.124 e. The first-order valence-electron chi connectivity index (χ1n) is 6.43. The van der Waals surface area contributed by atoms with Crippen LogP contribution in [0.5, 0.6) is 5.75 Å². The van der Waals surface area contributed by atoms with Crippen LogP contribution in [0.15, 0.2) is 42.5 Å². The Morgan fingerprint density at radius 2 is 1.76 bits per heavy atom. The quantitative estimate of drug-likeness (QED) is 0.634. The first-order valence-corrected chi connectivity index (χ1v) is 6.43. The molecular formula is C16H17FN2O2. The molecule has 0 bridgehead atoms. The van der Waals surface area contributed by atoms with Crippen molar-refractivity contribution in [3.63, 3.8) is 0 Å². The van der Waals surface area contributed by atoms with Crippen molar-refractivity contribution >= 4 is 5.84 Å². The van der Waals surface area contributed by atoms with E-state index in [1.807, 2.05) is 24.3 Å². The lowest BCUT2D eigenvalue weighted by Crippen LogP contribution is -2.12. The van der Waals surface area contributed by atoms with Gasteiger partial charge in [-0.15, -0.1) is 0 Å². The average molecular weight is 288 g/mol. The highest BCUT2D eigenvalue weighted by molar-refractivity contribution is 5.95. The molecule has 110 valence electrons. The van der Waals surface area contributed by atoms with Crippen molar-refractivity contribution in [1.29, 1.82) is 5.41 Å².